The third-order valence-corrected chi connectivity index (χ3v) is 5.93. The van der Waals surface area contributed by atoms with Gasteiger partial charge in [0.1, 0.15) is 23.1 Å². The Morgan fingerprint density at radius 2 is 1.94 bits per heavy atom. The number of nitrogens with one attached hydrogen (secondary N) is 1. The molecule has 0 unspecified atom stereocenters. The van der Waals surface area contributed by atoms with Crippen molar-refractivity contribution in [3.63, 3.8) is 0 Å². The van der Waals surface area contributed by atoms with Crippen molar-refractivity contribution in [1.29, 1.82) is 0 Å². The number of carbonyl (C=O) groups excluding carboxylic acids is 3. The lowest BCUT2D eigenvalue weighted by atomic mass is 10.1. The van der Waals surface area contributed by atoms with Gasteiger partial charge in [0, 0.05) is 5.02 Å². The van der Waals surface area contributed by atoms with Gasteiger partial charge in [0.05, 0.1) is 17.0 Å². The largest absolute Gasteiger partial charge is 0.485 e. The Hall–Kier alpha value is -3.30. The van der Waals surface area contributed by atoms with E-state index in [0.29, 0.717) is 22.1 Å². The number of esters is 1. The van der Waals surface area contributed by atoms with E-state index in [2.05, 4.69) is 5.32 Å². The Labute approximate surface area is 193 Å². The minimum atomic E-state index is -0.700. The van der Waals surface area contributed by atoms with Crippen molar-refractivity contribution in [1.82, 2.24) is 0 Å². The molecule has 10 heteroatoms. The van der Waals surface area contributed by atoms with Crippen LogP contribution in [0.3, 0.4) is 0 Å². The number of carbonyl (C=O) groups is 3. The number of ether oxygens (including phenoxy) is 2. The summed E-state index contributed by atoms with van der Waals surface area (Å²) in [6.45, 7) is 5.34. The number of hydrogen-bond donors (Lipinski definition) is 2. The van der Waals surface area contributed by atoms with E-state index >= 15 is 0 Å². The summed E-state index contributed by atoms with van der Waals surface area (Å²) in [5, 5.41) is 3.37. The fourth-order valence-electron chi connectivity index (χ4n) is 2.95. The number of hydrogen-bond acceptors (Lipinski definition) is 7. The lowest BCUT2D eigenvalue weighted by molar-refractivity contribution is 0.0527. The van der Waals surface area contributed by atoms with Gasteiger partial charge >= 0.3 is 5.97 Å². The van der Waals surface area contributed by atoms with Gasteiger partial charge in [-0.2, -0.15) is 0 Å². The van der Waals surface area contributed by atoms with Gasteiger partial charge in [-0.15, -0.1) is 11.3 Å². The predicted octanol–water partition coefficient (Wildman–Crippen LogP) is 4.72. The van der Waals surface area contributed by atoms with Crippen molar-refractivity contribution in [2.45, 2.75) is 27.4 Å². The van der Waals surface area contributed by atoms with Crippen LogP contribution in [-0.4, -0.2) is 24.4 Å². The molecule has 3 aromatic rings. The van der Waals surface area contributed by atoms with Crippen LogP contribution >= 0.6 is 22.9 Å². The topological polar surface area (TPSA) is 121 Å². The zero-order chi connectivity index (χ0) is 23.4. The van der Waals surface area contributed by atoms with Crippen molar-refractivity contribution in [3.8, 4) is 5.75 Å². The van der Waals surface area contributed by atoms with Gasteiger partial charge in [0.15, 0.2) is 5.76 Å². The Bertz CT molecular complexity index is 1180. The third kappa shape index (κ3) is 5.12. The number of amides is 2. The molecular weight excluding hydrogens is 456 g/mol. The van der Waals surface area contributed by atoms with Crippen LogP contribution in [0.1, 0.15) is 54.4 Å². The van der Waals surface area contributed by atoms with Crippen LogP contribution in [0.5, 0.6) is 5.75 Å². The minimum Gasteiger partial charge on any atom is -0.485 e. The van der Waals surface area contributed by atoms with Crippen molar-refractivity contribution < 1.29 is 28.3 Å². The second kappa shape index (κ2) is 9.88. The maximum atomic E-state index is 12.7. The summed E-state index contributed by atoms with van der Waals surface area (Å²) in [7, 11) is 0. The normalized spacial score (nSPS) is 10.6. The highest BCUT2D eigenvalue weighted by atomic mass is 35.5. The van der Waals surface area contributed by atoms with Gasteiger partial charge in [-0.3, -0.25) is 9.59 Å². The van der Waals surface area contributed by atoms with Gasteiger partial charge in [-0.05, 0) is 62.2 Å². The molecule has 3 rings (SSSR count). The molecule has 0 aliphatic rings. The Morgan fingerprint density at radius 3 is 2.59 bits per heavy atom. The molecule has 8 nitrogen and oxygen atoms in total. The zero-order valence-corrected chi connectivity index (χ0v) is 19.2. The van der Waals surface area contributed by atoms with Crippen LogP contribution in [0.4, 0.5) is 5.00 Å². The van der Waals surface area contributed by atoms with Gasteiger partial charge in [-0.1, -0.05) is 11.6 Å². The smallest absolute Gasteiger partial charge is 0.341 e. The molecule has 2 amide bonds. The number of furan rings is 1. The van der Waals surface area contributed by atoms with Gasteiger partial charge in [-0.25, -0.2) is 4.79 Å². The Kier molecular flexibility index (Phi) is 7.22. The molecule has 2 heterocycles. The second-order valence-electron chi connectivity index (χ2n) is 6.76. The molecule has 0 spiro atoms. The molecule has 0 atom stereocenters. The summed E-state index contributed by atoms with van der Waals surface area (Å²) in [6.07, 6.45) is 0. The number of halogens is 1. The number of nitrogens with two attached hydrogens (primary N) is 1. The van der Waals surface area contributed by atoms with Crippen molar-refractivity contribution in [2.24, 2.45) is 5.73 Å². The molecule has 2 aromatic heterocycles. The standard InChI is InChI=1S/C22H21ClN2O6S/c1-4-29-22(28)17-12(3)18(19(24)26)32-21(17)25-20(27)16-8-6-14(31-16)10-30-15-7-5-13(23)9-11(15)2/h5-9H,4,10H2,1-3H3,(H2,24,26)(H,25,27). The average molecular weight is 477 g/mol. The summed E-state index contributed by atoms with van der Waals surface area (Å²) in [5.74, 6) is -0.872. The van der Waals surface area contributed by atoms with Gasteiger partial charge < -0.3 is 24.9 Å². The molecule has 0 bridgehead atoms. The maximum absolute atomic E-state index is 12.7. The van der Waals surface area contributed by atoms with Crippen LogP contribution in [-0.2, 0) is 11.3 Å². The van der Waals surface area contributed by atoms with Gasteiger partial charge in [0.25, 0.3) is 11.8 Å². The highest BCUT2D eigenvalue weighted by Gasteiger charge is 2.26. The van der Waals surface area contributed by atoms with E-state index in [0.717, 1.165) is 16.9 Å². The molecule has 0 fully saturated rings. The SMILES string of the molecule is CCOC(=O)c1c(NC(=O)c2ccc(COc3ccc(Cl)cc3C)o2)sc(C(N)=O)c1C. The Morgan fingerprint density at radius 1 is 1.19 bits per heavy atom. The van der Waals surface area contributed by atoms with E-state index in [4.69, 9.17) is 31.2 Å². The first kappa shape index (κ1) is 23.4. The summed E-state index contributed by atoms with van der Waals surface area (Å²) < 4.78 is 16.3. The van der Waals surface area contributed by atoms with E-state index in [1.807, 2.05) is 6.92 Å². The zero-order valence-electron chi connectivity index (χ0n) is 17.6. The van der Waals surface area contributed by atoms with Crippen LogP contribution in [0.25, 0.3) is 0 Å². The second-order valence-corrected chi connectivity index (χ2v) is 8.22. The first-order valence-corrected chi connectivity index (χ1v) is 10.8. The molecule has 3 N–H and O–H groups in total. The van der Waals surface area contributed by atoms with Crippen LogP contribution in [0.15, 0.2) is 34.7 Å². The molecule has 32 heavy (non-hydrogen) atoms. The third-order valence-electron chi connectivity index (χ3n) is 4.47. The number of benzene rings is 1. The van der Waals surface area contributed by atoms with Crippen molar-refractivity contribution in [2.75, 3.05) is 11.9 Å². The number of thiophene rings is 1. The summed E-state index contributed by atoms with van der Waals surface area (Å²) >= 11 is 6.85. The van der Waals surface area contributed by atoms with E-state index in [9.17, 15) is 14.4 Å². The lowest BCUT2D eigenvalue weighted by Gasteiger charge is -2.08. The number of anilines is 1. The lowest BCUT2D eigenvalue weighted by Crippen LogP contribution is -2.14. The molecule has 0 saturated heterocycles. The first-order chi connectivity index (χ1) is 15.2. The molecule has 168 valence electrons. The highest BCUT2D eigenvalue weighted by Crippen LogP contribution is 2.34. The van der Waals surface area contributed by atoms with Crippen LogP contribution < -0.4 is 15.8 Å². The first-order valence-electron chi connectivity index (χ1n) is 9.60. The average Bonchev–Trinajstić information content (AvgIpc) is 3.32. The molecule has 0 aliphatic heterocycles. The fraction of sp³-hybridized carbons (Fsp3) is 0.227. The van der Waals surface area contributed by atoms with Crippen molar-refractivity contribution in [3.05, 3.63) is 68.4 Å². The van der Waals surface area contributed by atoms with E-state index < -0.39 is 17.8 Å². The number of primary amides is 1. The van der Waals surface area contributed by atoms with E-state index in [1.165, 1.54) is 6.07 Å². The van der Waals surface area contributed by atoms with Gasteiger partial charge in [0.2, 0.25) is 0 Å². The highest BCUT2D eigenvalue weighted by molar-refractivity contribution is 7.18. The van der Waals surface area contributed by atoms with E-state index in [-0.39, 0.29) is 34.4 Å². The molecule has 0 aliphatic carbocycles. The van der Waals surface area contributed by atoms with Crippen LogP contribution in [0, 0.1) is 13.8 Å². The quantitative estimate of drug-likeness (QED) is 0.454. The Balaban J connectivity index is 1.75. The maximum Gasteiger partial charge on any atom is 0.341 e. The fourth-order valence-corrected chi connectivity index (χ4v) is 4.22. The molecular formula is C22H21ClN2O6S. The summed E-state index contributed by atoms with van der Waals surface area (Å²) in [6, 6.07) is 8.35. The molecule has 1 aromatic carbocycles. The number of aryl methyl sites for hydroxylation is 1. The van der Waals surface area contributed by atoms with E-state index in [1.54, 1.807) is 38.1 Å². The molecule has 0 saturated carbocycles. The predicted molar refractivity (Wildman–Crippen MR) is 121 cm³/mol. The number of rotatable bonds is 8. The minimum absolute atomic E-state index is 0.0120. The molecule has 0 radical (unpaired) electrons. The monoisotopic (exact) mass is 476 g/mol. The van der Waals surface area contributed by atoms with Crippen molar-refractivity contribution >= 4 is 45.7 Å². The summed E-state index contributed by atoms with van der Waals surface area (Å²) in [4.78, 5) is 36.9. The van der Waals surface area contributed by atoms with Crippen LogP contribution in [0.2, 0.25) is 5.02 Å². The summed E-state index contributed by atoms with van der Waals surface area (Å²) in [5.41, 5.74) is 6.69.